The van der Waals surface area contributed by atoms with Crippen molar-refractivity contribution >= 4 is 18.6 Å². The molecule has 0 N–H and O–H groups in total. The van der Waals surface area contributed by atoms with E-state index in [1.54, 1.807) is 6.11 Å². The van der Waals surface area contributed by atoms with Crippen LogP contribution in [0.2, 0.25) is 0 Å². The van der Waals surface area contributed by atoms with Crippen molar-refractivity contribution < 1.29 is 14.0 Å². The maximum absolute atomic E-state index is 12.7. The van der Waals surface area contributed by atoms with Crippen molar-refractivity contribution in [1.82, 2.24) is 0 Å². The Morgan fingerprint density at radius 3 is 3.00 bits per heavy atom. The van der Waals surface area contributed by atoms with Crippen LogP contribution in [0.4, 0.5) is 15.8 Å². The predicted octanol–water partition coefficient (Wildman–Crippen LogP) is 1.78. The molecule has 0 aliphatic rings. The van der Waals surface area contributed by atoms with E-state index in [0.29, 0.717) is 0 Å². The van der Waals surface area contributed by atoms with Gasteiger partial charge in [0.15, 0.2) is 0 Å². The van der Waals surface area contributed by atoms with Crippen molar-refractivity contribution in [3.8, 4) is 12.5 Å². The van der Waals surface area contributed by atoms with E-state index in [1.165, 1.54) is 0 Å². The molecular formula is C8H4BFN2O3. The first-order chi connectivity index (χ1) is 7.15. The standard InChI is InChI=1S/C8H4BFN2O3/c1-2-15-9-11-7-5-6(10)3-4-8(7)12(13)14/h1,3-5H. The van der Waals surface area contributed by atoms with Gasteiger partial charge in [-0.2, -0.15) is 0 Å². The molecule has 0 unspecified atom stereocenters. The fraction of sp³-hybridized carbons (Fsp3) is 0. The molecule has 0 fully saturated rings. The molecule has 0 atom stereocenters. The van der Waals surface area contributed by atoms with Crippen molar-refractivity contribution in [2.24, 2.45) is 4.90 Å². The summed E-state index contributed by atoms with van der Waals surface area (Å²) in [5.74, 6) is -0.631. The monoisotopic (exact) mass is 206 g/mol. The molecule has 0 spiro atoms. The average molecular weight is 206 g/mol. The van der Waals surface area contributed by atoms with E-state index in [1.807, 2.05) is 0 Å². The van der Waals surface area contributed by atoms with Crippen LogP contribution in [-0.2, 0) is 4.65 Å². The van der Waals surface area contributed by atoms with Crippen molar-refractivity contribution in [3.05, 3.63) is 34.1 Å². The minimum absolute atomic E-state index is 0.157. The Morgan fingerprint density at radius 2 is 2.40 bits per heavy atom. The Hall–Kier alpha value is -2.23. The topological polar surface area (TPSA) is 64.7 Å². The van der Waals surface area contributed by atoms with E-state index in [9.17, 15) is 14.5 Å². The second kappa shape index (κ2) is 4.86. The first-order valence-electron chi connectivity index (χ1n) is 3.73. The summed E-state index contributed by atoms with van der Waals surface area (Å²) in [5, 5.41) is 10.5. The first-order valence-corrected chi connectivity index (χ1v) is 3.73. The molecule has 0 saturated heterocycles. The van der Waals surface area contributed by atoms with Crippen molar-refractivity contribution in [2.45, 2.75) is 0 Å². The molecule has 1 aromatic rings. The zero-order chi connectivity index (χ0) is 11.3. The third-order valence-corrected chi connectivity index (χ3v) is 1.45. The normalized spacial score (nSPS) is 9.33. The van der Waals surface area contributed by atoms with Crippen molar-refractivity contribution in [2.75, 3.05) is 0 Å². The van der Waals surface area contributed by atoms with Gasteiger partial charge >= 0.3 is 84.2 Å². The van der Waals surface area contributed by atoms with Crippen LogP contribution in [0.1, 0.15) is 0 Å². The second-order valence-electron chi connectivity index (χ2n) is 2.36. The van der Waals surface area contributed by atoms with Crippen LogP contribution in [-0.4, -0.2) is 12.2 Å². The molecule has 5 nitrogen and oxygen atoms in total. The molecule has 0 radical (unpaired) electrons. The summed E-state index contributed by atoms with van der Waals surface area (Å²) in [6.45, 7) is 0. The van der Waals surface area contributed by atoms with Gasteiger partial charge in [0.25, 0.3) is 0 Å². The van der Waals surface area contributed by atoms with Crippen LogP contribution in [0.25, 0.3) is 0 Å². The molecule has 0 aliphatic carbocycles. The Kier molecular flexibility index (Phi) is 3.52. The summed E-state index contributed by atoms with van der Waals surface area (Å²) < 4.78 is 17.0. The molecule has 74 valence electrons. The van der Waals surface area contributed by atoms with Crippen LogP contribution in [0.5, 0.6) is 0 Å². The van der Waals surface area contributed by atoms with Gasteiger partial charge in [-0.1, -0.05) is 0 Å². The van der Waals surface area contributed by atoms with E-state index in [0.717, 1.165) is 25.5 Å². The summed E-state index contributed by atoms with van der Waals surface area (Å²) in [6.07, 6.45) is 6.54. The number of nitro benzene ring substituents is 1. The van der Waals surface area contributed by atoms with Gasteiger partial charge in [-0.15, -0.1) is 0 Å². The number of hydrogen-bond donors (Lipinski definition) is 0. The molecule has 0 heterocycles. The average Bonchev–Trinajstić information content (AvgIpc) is 2.18. The maximum atomic E-state index is 12.7. The summed E-state index contributed by atoms with van der Waals surface area (Å²) in [6, 6.07) is 2.89. The molecule has 15 heavy (non-hydrogen) atoms. The van der Waals surface area contributed by atoms with E-state index in [-0.39, 0.29) is 11.4 Å². The van der Waals surface area contributed by atoms with Crippen LogP contribution in [0, 0.1) is 28.5 Å². The Bertz CT molecular complexity index is 456. The molecular weight excluding hydrogens is 202 g/mol. The van der Waals surface area contributed by atoms with Gasteiger partial charge in [0, 0.05) is 0 Å². The van der Waals surface area contributed by atoms with E-state index >= 15 is 0 Å². The molecule has 1 aromatic carbocycles. The summed E-state index contributed by atoms with van der Waals surface area (Å²) in [4.78, 5) is 13.3. The number of nitrogens with zero attached hydrogens (tertiary/aromatic N) is 2. The molecule has 0 aliphatic heterocycles. The fourth-order valence-corrected chi connectivity index (χ4v) is 0.868. The van der Waals surface area contributed by atoms with Gasteiger partial charge < -0.3 is 0 Å². The molecule has 0 bridgehead atoms. The number of rotatable bonds is 3. The van der Waals surface area contributed by atoms with Crippen LogP contribution in [0.3, 0.4) is 0 Å². The van der Waals surface area contributed by atoms with Gasteiger partial charge in [-0.05, 0) is 0 Å². The quantitative estimate of drug-likeness (QED) is 0.327. The summed E-state index contributed by atoms with van der Waals surface area (Å²) in [5.41, 5.74) is -0.483. The molecule has 0 aromatic heterocycles. The second-order valence-corrected chi connectivity index (χ2v) is 2.36. The molecule has 7 heteroatoms. The van der Waals surface area contributed by atoms with Crippen molar-refractivity contribution in [1.29, 1.82) is 0 Å². The SMILES string of the molecule is C#CO/B=N/c1cc(F)ccc1[N+](=O)[O-]. The van der Waals surface area contributed by atoms with Gasteiger partial charge in [0.1, 0.15) is 0 Å². The Morgan fingerprint density at radius 1 is 1.67 bits per heavy atom. The van der Waals surface area contributed by atoms with Crippen LogP contribution >= 0.6 is 0 Å². The zero-order valence-electron chi connectivity index (χ0n) is 7.38. The van der Waals surface area contributed by atoms with E-state index in [2.05, 4.69) is 9.55 Å². The van der Waals surface area contributed by atoms with Crippen LogP contribution in [0.15, 0.2) is 23.1 Å². The summed E-state index contributed by atoms with van der Waals surface area (Å²) >= 11 is 0. The minimum atomic E-state index is -0.679. The summed E-state index contributed by atoms with van der Waals surface area (Å²) in [7, 11) is 0.821. The van der Waals surface area contributed by atoms with Gasteiger partial charge in [-0.3, -0.25) is 0 Å². The predicted molar refractivity (Wildman–Crippen MR) is 50.8 cm³/mol. The zero-order valence-corrected chi connectivity index (χ0v) is 7.38. The van der Waals surface area contributed by atoms with Gasteiger partial charge in [-0.25, -0.2) is 0 Å². The van der Waals surface area contributed by atoms with Crippen LogP contribution < -0.4 is 0 Å². The molecule has 0 saturated carbocycles. The molecule has 0 amide bonds. The Balaban J connectivity index is 3.08. The van der Waals surface area contributed by atoms with Crippen molar-refractivity contribution in [3.63, 3.8) is 0 Å². The first kappa shape index (κ1) is 10.9. The number of halogens is 1. The number of nitro groups is 1. The molecule has 1 rings (SSSR count). The third kappa shape index (κ3) is 2.88. The van der Waals surface area contributed by atoms with E-state index in [4.69, 9.17) is 6.42 Å². The fourth-order valence-electron chi connectivity index (χ4n) is 0.868. The number of hydrogen-bond acceptors (Lipinski definition) is 4. The van der Waals surface area contributed by atoms with Gasteiger partial charge in [0.05, 0.1) is 0 Å². The van der Waals surface area contributed by atoms with E-state index < -0.39 is 10.7 Å². The number of benzene rings is 1. The Labute approximate surface area is 85.0 Å². The van der Waals surface area contributed by atoms with Gasteiger partial charge in [0.2, 0.25) is 0 Å². The number of terminal acetylenes is 1. The third-order valence-electron chi connectivity index (χ3n) is 1.45.